The number of aromatic nitrogens is 2. The van der Waals surface area contributed by atoms with Crippen LogP contribution in [0.2, 0.25) is 0 Å². The molecule has 66 valence electrons. The van der Waals surface area contributed by atoms with E-state index in [9.17, 15) is 4.79 Å². The maximum absolute atomic E-state index is 11.2. The lowest BCUT2D eigenvalue weighted by atomic mass is 10.3. The number of terminal acetylenes is 1. The van der Waals surface area contributed by atoms with Crippen molar-refractivity contribution in [2.45, 2.75) is 0 Å². The molecular formula is C8H8N4O. The molecule has 0 bridgehead atoms. The first-order valence-corrected chi connectivity index (χ1v) is 3.56. The van der Waals surface area contributed by atoms with Crippen LogP contribution in [0, 0.1) is 12.3 Å². The average molecular weight is 176 g/mol. The second kappa shape index (κ2) is 4.85. The van der Waals surface area contributed by atoms with E-state index in [-0.39, 0.29) is 12.5 Å². The van der Waals surface area contributed by atoms with Gasteiger partial charge in [0.05, 0.1) is 12.1 Å². The smallest absolute Gasteiger partial charge is 0.268 e. The normalized spacial score (nSPS) is 8.85. The van der Waals surface area contributed by atoms with Crippen molar-refractivity contribution in [2.24, 2.45) is 0 Å². The fourth-order valence-electron chi connectivity index (χ4n) is 0.664. The minimum absolute atomic E-state index is 0.277. The summed E-state index contributed by atoms with van der Waals surface area (Å²) in [5.41, 5.74) is 5.31. The first-order valence-electron chi connectivity index (χ1n) is 3.56. The van der Waals surface area contributed by atoms with E-state index < -0.39 is 0 Å². The number of carbonyl (C=O) groups excluding carboxylic acids is 1. The lowest BCUT2D eigenvalue weighted by Gasteiger charge is -2.02. The van der Waals surface area contributed by atoms with Crippen molar-refractivity contribution >= 4 is 5.91 Å². The highest BCUT2D eigenvalue weighted by molar-refractivity contribution is 5.93. The minimum atomic E-state index is -0.309. The van der Waals surface area contributed by atoms with Crippen molar-refractivity contribution in [1.82, 2.24) is 20.8 Å². The van der Waals surface area contributed by atoms with Gasteiger partial charge in [-0.3, -0.25) is 10.2 Å². The van der Waals surface area contributed by atoms with Crippen molar-refractivity contribution in [3.8, 4) is 12.3 Å². The molecule has 0 aliphatic carbocycles. The van der Waals surface area contributed by atoms with Gasteiger partial charge in [0.2, 0.25) is 0 Å². The maximum Gasteiger partial charge on any atom is 0.268 e. The van der Waals surface area contributed by atoms with E-state index in [1.54, 1.807) is 0 Å². The Morgan fingerprint density at radius 3 is 2.85 bits per heavy atom. The standard InChI is InChI=1S/C8H8N4O/c1-2-3-11-12-8(13)7-4-9-6-10-5-7/h1,4-6,11H,3H2,(H,12,13). The van der Waals surface area contributed by atoms with E-state index in [0.717, 1.165) is 0 Å². The summed E-state index contributed by atoms with van der Waals surface area (Å²) in [6, 6.07) is 0. The molecule has 0 atom stereocenters. The lowest BCUT2D eigenvalue weighted by molar-refractivity contribution is 0.0935. The molecule has 1 rings (SSSR count). The third kappa shape index (κ3) is 2.89. The highest BCUT2D eigenvalue weighted by atomic mass is 16.2. The van der Waals surface area contributed by atoms with Crippen LogP contribution >= 0.6 is 0 Å². The van der Waals surface area contributed by atoms with Crippen LogP contribution in [0.5, 0.6) is 0 Å². The number of hydrogen-bond donors (Lipinski definition) is 2. The Bertz CT molecular complexity index is 317. The molecule has 0 aromatic carbocycles. The largest absolute Gasteiger partial charge is 0.286 e. The van der Waals surface area contributed by atoms with Crippen LogP contribution in [-0.2, 0) is 0 Å². The van der Waals surface area contributed by atoms with E-state index in [0.29, 0.717) is 5.56 Å². The fourth-order valence-corrected chi connectivity index (χ4v) is 0.664. The summed E-state index contributed by atoms with van der Waals surface area (Å²) in [4.78, 5) is 18.6. The van der Waals surface area contributed by atoms with E-state index in [2.05, 4.69) is 26.7 Å². The van der Waals surface area contributed by atoms with Gasteiger partial charge in [0.25, 0.3) is 5.91 Å². The fraction of sp³-hybridized carbons (Fsp3) is 0.125. The Morgan fingerprint density at radius 2 is 2.23 bits per heavy atom. The van der Waals surface area contributed by atoms with Gasteiger partial charge in [-0.15, -0.1) is 6.42 Å². The van der Waals surface area contributed by atoms with Gasteiger partial charge in [-0.1, -0.05) is 5.92 Å². The quantitative estimate of drug-likeness (QED) is 0.364. The van der Waals surface area contributed by atoms with E-state index in [1.807, 2.05) is 0 Å². The van der Waals surface area contributed by atoms with Gasteiger partial charge in [0, 0.05) is 12.4 Å². The average Bonchev–Trinajstić information content (AvgIpc) is 2.19. The van der Waals surface area contributed by atoms with E-state index in [4.69, 9.17) is 6.42 Å². The van der Waals surface area contributed by atoms with Gasteiger partial charge in [0.15, 0.2) is 0 Å². The summed E-state index contributed by atoms with van der Waals surface area (Å²) in [5.74, 6) is 2.01. The van der Waals surface area contributed by atoms with Crippen LogP contribution < -0.4 is 10.9 Å². The minimum Gasteiger partial charge on any atom is -0.286 e. The first kappa shape index (κ1) is 9.16. The van der Waals surface area contributed by atoms with Crippen molar-refractivity contribution in [1.29, 1.82) is 0 Å². The van der Waals surface area contributed by atoms with Gasteiger partial charge in [-0.25, -0.2) is 15.4 Å². The van der Waals surface area contributed by atoms with Crippen LogP contribution in [0.4, 0.5) is 0 Å². The molecule has 1 amide bonds. The number of hydrogen-bond acceptors (Lipinski definition) is 4. The Morgan fingerprint density at radius 1 is 1.54 bits per heavy atom. The summed E-state index contributed by atoms with van der Waals surface area (Å²) < 4.78 is 0. The summed E-state index contributed by atoms with van der Waals surface area (Å²) in [7, 11) is 0. The van der Waals surface area contributed by atoms with Crippen LogP contribution in [-0.4, -0.2) is 22.4 Å². The molecule has 1 aromatic rings. The number of nitrogens with one attached hydrogen (secondary N) is 2. The molecule has 13 heavy (non-hydrogen) atoms. The molecule has 5 nitrogen and oxygen atoms in total. The molecule has 0 fully saturated rings. The van der Waals surface area contributed by atoms with Gasteiger partial charge >= 0.3 is 0 Å². The molecule has 5 heteroatoms. The summed E-state index contributed by atoms with van der Waals surface area (Å²) in [5, 5.41) is 0. The Balaban J connectivity index is 2.46. The monoisotopic (exact) mass is 176 g/mol. The lowest BCUT2D eigenvalue weighted by Crippen LogP contribution is -2.37. The highest BCUT2D eigenvalue weighted by Crippen LogP contribution is 1.90. The van der Waals surface area contributed by atoms with Crippen LogP contribution in [0.1, 0.15) is 10.4 Å². The topological polar surface area (TPSA) is 66.9 Å². The molecule has 0 aliphatic rings. The third-order valence-corrected chi connectivity index (χ3v) is 1.22. The van der Waals surface area contributed by atoms with Gasteiger partial charge in [-0.2, -0.15) is 0 Å². The zero-order chi connectivity index (χ0) is 9.52. The molecule has 0 saturated heterocycles. The van der Waals surface area contributed by atoms with Crippen LogP contribution in [0.3, 0.4) is 0 Å². The maximum atomic E-state index is 11.2. The third-order valence-electron chi connectivity index (χ3n) is 1.22. The van der Waals surface area contributed by atoms with Crippen molar-refractivity contribution in [3.63, 3.8) is 0 Å². The van der Waals surface area contributed by atoms with Crippen molar-refractivity contribution in [2.75, 3.05) is 6.54 Å². The molecule has 1 aromatic heterocycles. The highest BCUT2D eigenvalue weighted by Gasteiger charge is 2.02. The molecular weight excluding hydrogens is 168 g/mol. The summed E-state index contributed by atoms with van der Waals surface area (Å²) in [6.45, 7) is 0.277. The van der Waals surface area contributed by atoms with Crippen molar-refractivity contribution < 1.29 is 4.79 Å². The van der Waals surface area contributed by atoms with Gasteiger partial charge in [-0.05, 0) is 0 Å². The molecule has 2 N–H and O–H groups in total. The summed E-state index contributed by atoms with van der Waals surface area (Å²) >= 11 is 0. The second-order valence-corrected chi connectivity index (χ2v) is 2.14. The van der Waals surface area contributed by atoms with E-state index >= 15 is 0 Å². The zero-order valence-electron chi connectivity index (χ0n) is 6.82. The number of hydrazine groups is 1. The molecule has 1 heterocycles. The molecule has 0 aliphatic heterocycles. The number of amides is 1. The molecule has 0 unspecified atom stereocenters. The molecule has 0 saturated carbocycles. The SMILES string of the molecule is C#CCNNC(=O)c1cncnc1. The Kier molecular flexibility index (Phi) is 3.42. The zero-order valence-corrected chi connectivity index (χ0v) is 6.82. The Labute approximate surface area is 75.6 Å². The van der Waals surface area contributed by atoms with Crippen LogP contribution in [0.25, 0.3) is 0 Å². The van der Waals surface area contributed by atoms with Crippen LogP contribution in [0.15, 0.2) is 18.7 Å². The number of nitrogens with zero attached hydrogens (tertiary/aromatic N) is 2. The van der Waals surface area contributed by atoms with E-state index in [1.165, 1.54) is 18.7 Å². The number of rotatable bonds is 3. The first-order chi connectivity index (χ1) is 6.34. The predicted molar refractivity (Wildman–Crippen MR) is 46.3 cm³/mol. The number of carbonyl (C=O) groups is 1. The second-order valence-electron chi connectivity index (χ2n) is 2.14. The summed E-state index contributed by atoms with van der Waals surface area (Å²) in [6.07, 6.45) is 9.15. The molecule has 0 radical (unpaired) electrons. The van der Waals surface area contributed by atoms with Crippen molar-refractivity contribution in [3.05, 3.63) is 24.3 Å². The van der Waals surface area contributed by atoms with Gasteiger partial charge in [0.1, 0.15) is 6.33 Å². The molecule has 0 spiro atoms. The predicted octanol–water partition coefficient (Wildman–Crippen LogP) is -0.656. The van der Waals surface area contributed by atoms with Gasteiger partial charge < -0.3 is 0 Å². The Hall–Kier alpha value is -1.93.